The van der Waals surface area contributed by atoms with E-state index in [-0.39, 0.29) is 0 Å². The van der Waals surface area contributed by atoms with E-state index in [2.05, 4.69) is 31.1 Å². The van der Waals surface area contributed by atoms with Crippen molar-refractivity contribution in [3.8, 4) is 5.88 Å². The molecule has 1 N–H and O–H groups in total. The first kappa shape index (κ1) is 22.6. The molecule has 2 aromatic heterocycles. The van der Waals surface area contributed by atoms with Crippen molar-refractivity contribution in [3.05, 3.63) is 24.7 Å². The first-order chi connectivity index (χ1) is 16.3. The van der Waals surface area contributed by atoms with Crippen molar-refractivity contribution in [3.63, 3.8) is 0 Å². The zero-order valence-corrected chi connectivity index (χ0v) is 19.6. The van der Waals surface area contributed by atoms with Gasteiger partial charge in [0.15, 0.2) is 0 Å². The molecular weight excluding hydrogens is 420 g/mol. The number of anilines is 2. The fraction of sp³-hybridized carbons (Fsp3) is 0.708. The van der Waals surface area contributed by atoms with E-state index in [9.17, 15) is 0 Å². The third-order valence-electron chi connectivity index (χ3n) is 7.15. The average Bonchev–Trinajstić information content (AvgIpc) is 3.36. The van der Waals surface area contributed by atoms with E-state index in [1.807, 2.05) is 6.92 Å². The van der Waals surface area contributed by atoms with Crippen molar-refractivity contribution in [2.75, 3.05) is 38.4 Å². The van der Waals surface area contributed by atoms with Crippen LogP contribution in [0.5, 0.6) is 5.88 Å². The van der Waals surface area contributed by atoms with E-state index in [1.54, 1.807) is 18.5 Å². The molecule has 3 fully saturated rings. The molecule has 0 aromatic carbocycles. The van der Waals surface area contributed by atoms with Crippen LogP contribution in [-0.2, 0) is 9.47 Å². The van der Waals surface area contributed by atoms with E-state index in [1.165, 1.54) is 25.7 Å². The molecule has 0 amide bonds. The van der Waals surface area contributed by atoms with Gasteiger partial charge in [0, 0.05) is 50.2 Å². The van der Waals surface area contributed by atoms with Crippen LogP contribution in [0.2, 0.25) is 0 Å². The Hall–Kier alpha value is -2.23. The van der Waals surface area contributed by atoms with Gasteiger partial charge in [0.05, 0.1) is 32.1 Å². The standard InChI is InChI=1S/C24H36N6O3/c1-2-31-13-4-14-33-23-22(27-24-25-11-3-12-26-24)15-29(28-23)18-5-7-19(8-6-18)30-20-9-10-21(30)17-32-16-20/h3,11-12,15,18-21H,2,4-10,13-14,16-17H2,1H3,(H,25,26,27)/t18?,19?,20-,21+. The Bertz CT molecular complexity index is 854. The van der Waals surface area contributed by atoms with Gasteiger partial charge in [0.1, 0.15) is 5.69 Å². The molecule has 1 saturated carbocycles. The van der Waals surface area contributed by atoms with Crippen LogP contribution in [-0.4, -0.2) is 75.8 Å². The molecule has 2 bridgehead atoms. The number of hydrogen-bond donors (Lipinski definition) is 1. The number of nitrogens with zero attached hydrogens (tertiary/aromatic N) is 5. The fourth-order valence-electron chi connectivity index (χ4n) is 5.59. The molecule has 2 aromatic rings. The monoisotopic (exact) mass is 456 g/mol. The molecule has 180 valence electrons. The molecule has 2 aliphatic heterocycles. The Morgan fingerprint density at radius 1 is 0.970 bits per heavy atom. The van der Waals surface area contributed by atoms with Gasteiger partial charge in [-0.15, -0.1) is 5.10 Å². The van der Waals surface area contributed by atoms with Gasteiger partial charge in [-0.05, 0) is 51.5 Å². The highest BCUT2D eigenvalue weighted by molar-refractivity contribution is 5.58. The van der Waals surface area contributed by atoms with E-state index >= 15 is 0 Å². The summed E-state index contributed by atoms with van der Waals surface area (Å²) in [5.74, 6) is 1.15. The lowest BCUT2D eigenvalue weighted by molar-refractivity contribution is -0.0458. The first-order valence-corrected chi connectivity index (χ1v) is 12.5. The van der Waals surface area contributed by atoms with Crippen molar-refractivity contribution in [1.29, 1.82) is 0 Å². The van der Waals surface area contributed by atoms with Crippen molar-refractivity contribution in [2.45, 2.75) is 76.0 Å². The van der Waals surface area contributed by atoms with E-state index < -0.39 is 0 Å². The van der Waals surface area contributed by atoms with Gasteiger partial charge in [0.2, 0.25) is 5.95 Å². The van der Waals surface area contributed by atoms with E-state index in [4.69, 9.17) is 19.3 Å². The molecule has 2 saturated heterocycles. The second kappa shape index (κ2) is 10.8. The number of ether oxygens (including phenoxy) is 3. The highest BCUT2D eigenvalue weighted by atomic mass is 16.5. The van der Waals surface area contributed by atoms with Crippen LogP contribution in [0.3, 0.4) is 0 Å². The van der Waals surface area contributed by atoms with Gasteiger partial charge < -0.3 is 19.5 Å². The molecule has 33 heavy (non-hydrogen) atoms. The van der Waals surface area contributed by atoms with Crippen LogP contribution in [0.1, 0.15) is 57.9 Å². The smallest absolute Gasteiger partial charge is 0.256 e. The van der Waals surface area contributed by atoms with Crippen LogP contribution in [0.4, 0.5) is 11.6 Å². The van der Waals surface area contributed by atoms with Gasteiger partial charge in [-0.3, -0.25) is 9.58 Å². The second-order valence-corrected chi connectivity index (χ2v) is 9.26. The maximum absolute atomic E-state index is 6.03. The summed E-state index contributed by atoms with van der Waals surface area (Å²) in [6.07, 6.45) is 13.6. The molecule has 9 nitrogen and oxygen atoms in total. The molecule has 4 heterocycles. The summed E-state index contributed by atoms with van der Waals surface area (Å²) in [5, 5.41) is 8.11. The predicted molar refractivity (Wildman–Crippen MR) is 125 cm³/mol. The minimum absolute atomic E-state index is 0.387. The summed E-state index contributed by atoms with van der Waals surface area (Å²) in [6.45, 7) is 5.81. The molecule has 5 rings (SSSR count). The Kier molecular flexibility index (Phi) is 7.38. The quantitative estimate of drug-likeness (QED) is 0.543. The van der Waals surface area contributed by atoms with Gasteiger partial charge in [0.25, 0.3) is 5.88 Å². The average molecular weight is 457 g/mol. The second-order valence-electron chi connectivity index (χ2n) is 9.26. The minimum Gasteiger partial charge on any atom is -0.475 e. The Morgan fingerprint density at radius 2 is 1.67 bits per heavy atom. The fourth-order valence-corrected chi connectivity index (χ4v) is 5.59. The molecule has 1 aliphatic carbocycles. The molecule has 0 spiro atoms. The third kappa shape index (κ3) is 5.31. The highest BCUT2D eigenvalue weighted by Crippen LogP contribution is 2.39. The number of morpholine rings is 1. The third-order valence-corrected chi connectivity index (χ3v) is 7.15. The molecule has 3 aliphatic rings. The first-order valence-electron chi connectivity index (χ1n) is 12.5. The van der Waals surface area contributed by atoms with Crippen LogP contribution in [0, 0.1) is 0 Å². The van der Waals surface area contributed by atoms with Crippen molar-refractivity contribution >= 4 is 11.6 Å². The largest absolute Gasteiger partial charge is 0.475 e. The van der Waals surface area contributed by atoms with Crippen LogP contribution in [0.25, 0.3) is 0 Å². The lowest BCUT2D eigenvalue weighted by Crippen LogP contribution is -2.52. The summed E-state index contributed by atoms with van der Waals surface area (Å²) in [5.41, 5.74) is 0.811. The van der Waals surface area contributed by atoms with Crippen LogP contribution in [0.15, 0.2) is 24.7 Å². The molecular formula is C24H36N6O3. The van der Waals surface area contributed by atoms with Gasteiger partial charge in [-0.2, -0.15) is 0 Å². The maximum Gasteiger partial charge on any atom is 0.256 e. The van der Waals surface area contributed by atoms with Crippen LogP contribution >= 0.6 is 0 Å². The summed E-state index contributed by atoms with van der Waals surface area (Å²) in [6, 6.07) is 4.14. The van der Waals surface area contributed by atoms with Crippen molar-refractivity contribution < 1.29 is 14.2 Å². The number of aromatic nitrogens is 4. The summed E-state index contributed by atoms with van der Waals surface area (Å²) >= 11 is 0. The van der Waals surface area contributed by atoms with Gasteiger partial charge in [-0.25, -0.2) is 9.97 Å². The lowest BCUT2D eigenvalue weighted by atomic mass is 9.89. The van der Waals surface area contributed by atoms with Gasteiger partial charge in [-0.1, -0.05) is 0 Å². The Labute approximate surface area is 195 Å². The lowest BCUT2D eigenvalue weighted by Gasteiger charge is -2.43. The zero-order chi connectivity index (χ0) is 22.5. The number of rotatable bonds is 10. The maximum atomic E-state index is 6.03. The topological polar surface area (TPSA) is 86.6 Å². The SMILES string of the molecule is CCOCCCOc1nn(C2CCC(N3[C@@H]4CC[C@H]3COC4)CC2)cc1Nc1ncccn1. The molecule has 0 radical (unpaired) electrons. The summed E-state index contributed by atoms with van der Waals surface area (Å²) in [4.78, 5) is 11.4. The zero-order valence-electron chi connectivity index (χ0n) is 19.6. The number of fused-ring (bicyclic) bond motifs is 2. The Morgan fingerprint density at radius 3 is 2.39 bits per heavy atom. The normalized spacial score (nSPS) is 27.5. The van der Waals surface area contributed by atoms with E-state index in [0.29, 0.717) is 49.2 Å². The highest BCUT2D eigenvalue weighted by Gasteiger charge is 2.42. The van der Waals surface area contributed by atoms with E-state index in [0.717, 1.165) is 44.8 Å². The molecule has 0 unspecified atom stereocenters. The summed E-state index contributed by atoms with van der Waals surface area (Å²) < 4.78 is 19.3. The molecule has 9 heteroatoms. The number of nitrogens with one attached hydrogen (secondary N) is 1. The van der Waals surface area contributed by atoms with Crippen molar-refractivity contribution in [1.82, 2.24) is 24.6 Å². The Balaban J connectivity index is 1.23. The molecule has 2 atom stereocenters. The number of hydrogen-bond acceptors (Lipinski definition) is 8. The van der Waals surface area contributed by atoms with Crippen molar-refractivity contribution in [2.24, 2.45) is 0 Å². The predicted octanol–water partition coefficient (Wildman–Crippen LogP) is 3.57. The van der Waals surface area contributed by atoms with Gasteiger partial charge >= 0.3 is 0 Å². The minimum atomic E-state index is 0.387. The van der Waals surface area contributed by atoms with Crippen LogP contribution < -0.4 is 10.1 Å². The summed E-state index contributed by atoms with van der Waals surface area (Å²) in [7, 11) is 0.